The molecule has 0 amide bonds. The fourth-order valence-corrected chi connectivity index (χ4v) is 3.35. The molecule has 2 aromatic carbocycles. The summed E-state index contributed by atoms with van der Waals surface area (Å²) in [7, 11) is 0. The average molecular weight is 357 g/mol. The first-order valence-electron chi connectivity index (χ1n) is 8.56. The highest BCUT2D eigenvalue weighted by molar-refractivity contribution is 6.30. The number of carbonyl (C=O) groups is 1. The highest BCUT2D eigenvalue weighted by Gasteiger charge is 2.39. The summed E-state index contributed by atoms with van der Waals surface area (Å²) in [5.74, 6) is -0.618. The molecule has 130 valence electrons. The van der Waals surface area contributed by atoms with Crippen LogP contribution < -0.4 is 0 Å². The molecule has 2 atom stereocenters. The summed E-state index contributed by atoms with van der Waals surface area (Å²) in [4.78, 5) is 12.5. The van der Waals surface area contributed by atoms with Gasteiger partial charge in [0.05, 0.1) is 5.57 Å². The lowest BCUT2D eigenvalue weighted by molar-refractivity contribution is -0.140. The minimum Gasteiger partial charge on any atom is -0.507 e. The van der Waals surface area contributed by atoms with Crippen molar-refractivity contribution in [3.05, 3.63) is 82.1 Å². The minimum atomic E-state index is -0.722. The van der Waals surface area contributed by atoms with E-state index in [-0.39, 0.29) is 11.7 Å². The second-order valence-corrected chi connectivity index (χ2v) is 6.68. The van der Waals surface area contributed by atoms with Gasteiger partial charge in [0.2, 0.25) is 0 Å². The number of rotatable bonds is 6. The second kappa shape index (κ2) is 7.75. The Kier molecular flexibility index (Phi) is 5.44. The third-order valence-electron chi connectivity index (χ3n) is 4.54. The summed E-state index contributed by atoms with van der Waals surface area (Å²) in [5, 5.41) is 11.4. The van der Waals surface area contributed by atoms with Crippen LogP contribution in [-0.2, 0) is 9.53 Å². The molecule has 3 nitrogen and oxygen atoms in total. The van der Waals surface area contributed by atoms with Gasteiger partial charge in [-0.05, 0) is 24.1 Å². The molecule has 2 aromatic rings. The summed E-state index contributed by atoms with van der Waals surface area (Å²) in [6.07, 6.45) is 2.01. The van der Waals surface area contributed by atoms with Crippen molar-refractivity contribution in [1.82, 2.24) is 0 Å². The van der Waals surface area contributed by atoms with E-state index in [2.05, 4.69) is 6.92 Å². The van der Waals surface area contributed by atoms with E-state index in [0.717, 1.165) is 30.4 Å². The van der Waals surface area contributed by atoms with Gasteiger partial charge in [-0.1, -0.05) is 73.8 Å². The van der Waals surface area contributed by atoms with Crippen LogP contribution in [-0.4, -0.2) is 11.1 Å². The molecule has 0 spiro atoms. The van der Waals surface area contributed by atoms with Crippen LogP contribution in [0, 0.1) is 0 Å². The molecule has 1 aliphatic rings. The van der Waals surface area contributed by atoms with Crippen molar-refractivity contribution in [1.29, 1.82) is 0 Å². The SMILES string of the molecule is CCCCC(C1=C(O)C(c2ccccc2)OC1=O)c1ccc(Cl)cc1. The zero-order valence-corrected chi connectivity index (χ0v) is 14.9. The van der Waals surface area contributed by atoms with Crippen molar-refractivity contribution in [2.75, 3.05) is 0 Å². The Hall–Kier alpha value is -2.26. The van der Waals surface area contributed by atoms with Crippen LogP contribution in [0.3, 0.4) is 0 Å². The fourth-order valence-electron chi connectivity index (χ4n) is 3.23. The lowest BCUT2D eigenvalue weighted by Crippen LogP contribution is -2.10. The third kappa shape index (κ3) is 3.72. The van der Waals surface area contributed by atoms with E-state index in [0.29, 0.717) is 10.6 Å². The molecule has 4 heteroatoms. The number of ether oxygens (including phenoxy) is 1. The molecule has 0 saturated carbocycles. The van der Waals surface area contributed by atoms with Gasteiger partial charge in [0.25, 0.3) is 0 Å². The van der Waals surface area contributed by atoms with Crippen molar-refractivity contribution < 1.29 is 14.6 Å². The zero-order chi connectivity index (χ0) is 17.8. The predicted molar refractivity (Wildman–Crippen MR) is 98.6 cm³/mol. The van der Waals surface area contributed by atoms with Crippen LogP contribution in [0.15, 0.2) is 65.9 Å². The molecule has 0 aliphatic carbocycles. The van der Waals surface area contributed by atoms with Crippen molar-refractivity contribution in [3.8, 4) is 0 Å². The fraction of sp³-hybridized carbons (Fsp3) is 0.286. The van der Waals surface area contributed by atoms with Gasteiger partial charge < -0.3 is 9.84 Å². The number of halogens is 1. The molecule has 2 unspecified atom stereocenters. The van der Waals surface area contributed by atoms with E-state index in [4.69, 9.17) is 16.3 Å². The molecule has 0 bridgehead atoms. The molecule has 0 saturated heterocycles. The maximum atomic E-state index is 12.5. The Bertz CT molecular complexity index is 765. The minimum absolute atomic E-state index is 0.0206. The van der Waals surface area contributed by atoms with Gasteiger partial charge in [0.15, 0.2) is 6.10 Å². The van der Waals surface area contributed by atoms with Gasteiger partial charge in [0.1, 0.15) is 5.76 Å². The normalized spacial score (nSPS) is 18.3. The highest BCUT2D eigenvalue weighted by atomic mass is 35.5. The number of hydrogen-bond acceptors (Lipinski definition) is 3. The quantitative estimate of drug-likeness (QED) is 0.673. The van der Waals surface area contributed by atoms with Crippen molar-refractivity contribution in [3.63, 3.8) is 0 Å². The van der Waals surface area contributed by atoms with Gasteiger partial charge in [-0.3, -0.25) is 0 Å². The van der Waals surface area contributed by atoms with Crippen LogP contribution in [0.1, 0.15) is 49.3 Å². The number of aliphatic hydroxyl groups is 1. The summed E-state index contributed by atoms with van der Waals surface area (Å²) >= 11 is 5.99. The Labute approximate surface area is 152 Å². The largest absolute Gasteiger partial charge is 0.507 e. The Balaban J connectivity index is 1.99. The Morgan fingerprint density at radius 3 is 2.44 bits per heavy atom. The summed E-state index contributed by atoms with van der Waals surface area (Å²) in [5.41, 5.74) is 2.10. The number of benzene rings is 2. The van der Waals surface area contributed by atoms with E-state index >= 15 is 0 Å². The van der Waals surface area contributed by atoms with Gasteiger partial charge in [-0.15, -0.1) is 0 Å². The first-order chi connectivity index (χ1) is 12.1. The molecule has 25 heavy (non-hydrogen) atoms. The average Bonchev–Trinajstić information content (AvgIpc) is 2.92. The van der Waals surface area contributed by atoms with Crippen molar-refractivity contribution in [2.45, 2.75) is 38.2 Å². The molecule has 0 aromatic heterocycles. The van der Waals surface area contributed by atoms with Crippen LogP contribution in [0.5, 0.6) is 0 Å². The molecule has 1 heterocycles. The predicted octanol–water partition coefficient (Wildman–Crippen LogP) is 5.72. The van der Waals surface area contributed by atoms with E-state index in [1.165, 1.54) is 0 Å². The monoisotopic (exact) mass is 356 g/mol. The number of hydrogen-bond donors (Lipinski definition) is 1. The molecule has 0 radical (unpaired) electrons. The van der Waals surface area contributed by atoms with Crippen LogP contribution >= 0.6 is 11.6 Å². The molecule has 1 N–H and O–H groups in total. The molecule has 1 aliphatic heterocycles. The second-order valence-electron chi connectivity index (χ2n) is 6.24. The topological polar surface area (TPSA) is 46.5 Å². The van der Waals surface area contributed by atoms with E-state index in [1.807, 2.05) is 54.6 Å². The number of unbranched alkanes of at least 4 members (excludes halogenated alkanes) is 1. The number of aliphatic hydroxyl groups excluding tert-OH is 1. The standard InChI is InChI=1S/C21H21ClO3/c1-2-3-9-17(14-10-12-16(22)13-11-14)18-19(23)20(25-21(18)24)15-7-5-4-6-8-15/h4-8,10-13,17,20,23H,2-3,9H2,1H3. The Morgan fingerprint density at radius 2 is 1.80 bits per heavy atom. The summed E-state index contributed by atoms with van der Waals surface area (Å²) in [6, 6.07) is 16.7. The van der Waals surface area contributed by atoms with Crippen molar-refractivity contribution >= 4 is 17.6 Å². The number of carbonyl (C=O) groups excluding carboxylic acids is 1. The van der Waals surface area contributed by atoms with E-state index < -0.39 is 12.1 Å². The van der Waals surface area contributed by atoms with Crippen molar-refractivity contribution in [2.24, 2.45) is 0 Å². The Morgan fingerprint density at radius 1 is 1.12 bits per heavy atom. The maximum Gasteiger partial charge on any atom is 0.339 e. The van der Waals surface area contributed by atoms with Gasteiger partial charge in [-0.25, -0.2) is 4.79 Å². The van der Waals surface area contributed by atoms with E-state index in [1.54, 1.807) is 0 Å². The number of cyclic esters (lactones) is 1. The summed E-state index contributed by atoms with van der Waals surface area (Å²) in [6.45, 7) is 2.10. The lowest BCUT2D eigenvalue weighted by Gasteiger charge is -2.17. The highest BCUT2D eigenvalue weighted by Crippen LogP contribution is 2.42. The summed E-state index contributed by atoms with van der Waals surface area (Å²) < 4.78 is 5.49. The maximum absolute atomic E-state index is 12.5. The van der Waals surface area contributed by atoms with Crippen LogP contribution in [0.4, 0.5) is 0 Å². The first kappa shape index (κ1) is 17.6. The number of esters is 1. The third-order valence-corrected chi connectivity index (χ3v) is 4.79. The smallest absolute Gasteiger partial charge is 0.339 e. The van der Waals surface area contributed by atoms with Crippen LogP contribution in [0.2, 0.25) is 5.02 Å². The van der Waals surface area contributed by atoms with Crippen LogP contribution in [0.25, 0.3) is 0 Å². The molecule has 0 fully saturated rings. The van der Waals surface area contributed by atoms with Gasteiger partial charge >= 0.3 is 5.97 Å². The van der Waals surface area contributed by atoms with Gasteiger partial charge in [0, 0.05) is 16.5 Å². The van der Waals surface area contributed by atoms with E-state index in [9.17, 15) is 9.90 Å². The first-order valence-corrected chi connectivity index (χ1v) is 8.94. The molecule has 3 rings (SSSR count). The zero-order valence-electron chi connectivity index (χ0n) is 14.1. The van der Waals surface area contributed by atoms with Gasteiger partial charge in [-0.2, -0.15) is 0 Å². The lowest BCUT2D eigenvalue weighted by atomic mass is 9.85. The molecular weight excluding hydrogens is 336 g/mol. The molecular formula is C21H21ClO3.